The summed E-state index contributed by atoms with van der Waals surface area (Å²) in [5.74, 6) is 0.682. The molecule has 1 aromatic carbocycles. The van der Waals surface area contributed by atoms with E-state index in [1.54, 1.807) is 12.1 Å². The zero-order chi connectivity index (χ0) is 13.8. The zero-order valence-electron chi connectivity index (χ0n) is 11.1. The van der Waals surface area contributed by atoms with Gasteiger partial charge in [0.05, 0.1) is 15.5 Å². The van der Waals surface area contributed by atoms with Crippen molar-refractivity contribution in [2.75, 3.05) is 0 Å². The molecule has 19 heavy (non-hydrogen) atoms. The van der Waals surface area contributed by atoms with E-state index in [1.807, 2.05) is 0 Å². The van der Waals surface area contributed by atoms with Crippen molar-refractivity contribution in [3.05, 3.63) is 38.9 Å². The van der Waals surface area contributed by atoms with Crippen LogP contribution in [0.15, 0.2) is 18.2 Å². The molecule has 0 saturated heterocycles. The molecule has 1 aliphatic carbocycles. The van der Waals surface area contributed by atoms with Gasteiger partial charge in [0, 0.05) is 18.7 Å². The van der Waals surface area contributed by atoms with Gasteiger partial charge in [-0.1, -0.05) is 30.5 Å². The summed E-state index contributed by atoms with van der Waals surface area (Å²) >= 11 is 6.07. The van der Waals surface area contributed by atoms with Crippen molar-refractivity contribution >= 4 is 17.3 Å². The van der Waals surface area contributed by atoms with E-state index in [1.165, 1.54) is 31.7 Å². The number of hydrogen-bond donors (Lipinski definition) is 1. The monoisotopic (exact) mass is 282 g/mol. The molecule has 0 spiro atoms. The zero-order valence-corrected chi connectivity index (χ0v) is 11.8. The molecule has 0 bridgehead atoms. The van der Waals surface area contributed by atoms with Crippen molar-refractivity contribution in [2.24, 2.45) is 5.92 Å². The van der Waals surface area contributed by atoms with Gasteiger partial charge in [-0.05, 0) is 31.7 Å². The summed E-state index contributed by atoms with van der Waals surface area (Å²) in [5.41, 5.74) is 0.678. The number of halogens is 1. The van der Waals surface area contributed by atoms with E-state index in [0.29, 0.717) is 29.1 Å². The molecule has 0 aliphatic heterocycles. The van der Waals surface area contributed by atoms with E-state index in [0.717, 1.165) is 0 Å². The van der Waals surface area contributed by atoms with Gasteiger partial charge in [0.2, 0.25) is 0 Å². The summed E-state index contributed by atoms with van der Waals surface area (Å²) in [7, 11) is 0. The fourth-order valence-electron chi connectivity index (χ4n) is 2.78. The lowest BCUT2D eigenvalue weighted by molar-refractivity contribution is -0.385. The first-order valence-corrected chi connectivity index (χ1v) is 7.12. The number of nitro groups is 1. The van der Waals surface area contributed by atoms with E-state index >= 15 is 0 Å². The third-order valence-corrected chi connectivity index (χ3v) is 4.35. The van der Waals surface area contributed by atoms with Crippen LogP contribution in [0.4, 0.5) is 5.69 Å². The summed E-state index contributed by atoms with van der Waals surface area (Å²) in [6, 6.07) is 5.19. The van der Waals surface area contributed by atoms with Gasteiger partial charge in [0.25, 0.3) is 5.69 Å². The molecule has 104 valence electrons. The smallest absolute Gasteiger partial charge is 0.275 e. The Morgan fingerprint density at radius 1 is 1.47 bits per heavy atom. The topological polar surface area (TPSA) is 55.2 Å². The maximum absolute atomic E-state index is 11.0. The van der Waals surface area contributed by atoms with Crippen LogP contribution in [-0.4, -0.2) is 11.0 Å². The van der Waals surface area contributed by atoms with Crippen molar-refractivity contribution in [1.82, 2.24) is 5.32 Å². The highest BCUT2D eigenvalue weighted by atomic mass is 35.5. The molecule has 1 atom stereocenters. The van der Waals surface area contributed by atoms with E-state index in [2.05, 4.69) is 12.2 Å². The molecular formula is C14H19ClN2O2. The fraction of sp³-hybridized carbons (Fsp3) is 0.571. The Morgan fingerprint density at radius 3 is 2.79 bits per heavy atom. The Kier molecular flexibility index (Phi) is 4.77. The summed E-state index contributed by atoms with van der Waals surface area (Å²) in [6.07, 6.45) is 5.09. The lowest BCUT2D eigenvalue weighted by Gasteiger charge is -2.20. The lowest BCUT2D eigenvalue weighted by atomic mass is 9.99. The summed E-state index contributed by atoms with van der Waals surface area (Å²) < 4.78 is 0. The minimum atomic E-state index is -0.372. The minimum absolute atomic E-state index is 0.0959. The molecular weight excluding hydrogens is 264 g/mol. The highest BCUT2D eigenvalue weighted by Crippen LogP contribution is 2.29. The second-order valence-corrected chi connectivity index (χ2v) is 5.62. The van der Waals surface area contributed by atoms with Crippen LogP contribution in [-0.2, 0) is 6.54 Å². The molecule has 1 aromatic rings. The van der Waals surface area contributed by atoms with Crippen LogP contribution >= 0.6 is 11.6 Å². The molecule has 5 heteroatoms. The van der Waals surface area contributed by atoms with Crippen molar-refractivity contribution in [3.63, 3.8) is 0 Å². The van der Waals surface area contributed by atoms with E-state index in [9.17, 15) is 10.1 Å². The number of benzene rings is 1. The summed E-state index contributed by atoms with van der Waals surface area (Å²) in [4.78, 5) is 10.6. The molecule has 1 fully saturated rings. The van der Waals surface area contributed by atoms with Gasteiger partial charge in [-0.15, -0.1) is 0 Å². The number of nitro benzene ring substituents is 1. The molecule has 1 unspecified atom stereocenters. The highest BCUT2D eigenvalue weighted by molar-refractivity contribution is 6.31. The van der Waals surface area contributed by atoms with Crippen LogP contribution in [0.5, 0.6) is 0 Å². The first-order valence-electron chi connectivity index (χ1n) is 6.74. The first-order chi connectivity index (χ1) is 9.09. The standard InChI is InChI=1S/C14H19ClN2O2/c1-10(11-5-2-3-6-11)16-9-12-13(15)7-4-8-14(12)17(18)19/h4,7-8,10-11,16H,2-3,5-6,9H2,1H3. The summed E-state index contributed by atoms with van der Waals surface area (Å²) in [6.45, 7) is 2.60. The van der Waals surface area contributed by atoms with Crippen LogP contribution < -0.4 is 5.32 Å². The number of nitrogens with zero attached hydrogens (tertiary/aromatic N) is 1. The Balaban J connectivity index is 2.04. The van der Waals surface area contributed by atoms with Gasteiger partial charge in [0.15, 0.2) is 0 Å². The Hall–Kier alpha value is -1.13. The number of rotatable bonds is 5. The van der Waals surface area contributed by atoms with Gasteiger partial charge >= 0.3 is 0 Å². The second kappa shape index (κ2) is 6.35. The van der Waals surface area contributed by atoms with Crippen LogP contribution in [0.25, 0.3) is 0 Å². The predicted octanol–water partition coefficient (Wildman–Crippen LogP) is 3.92. The minimum Gasteiger partial charge on any atom is -0.310 e. The molecule has 1 N–H and O–H groups in total. The molecule has 1 aliphatic rings. The van der Waals surface area contributed by atoms with E-state index in [-0.39, 0.29) is 10.6 Å². The van der Waals surface area contributed by atoms with Crippen molar-refractivity contribution in [2.45, 2.75) is 45.2 Å². The first kappa shape index (κ1) is 14.3. The number of nitrogens with one attached hydrogen (secondary N) is 1. The van der Waals surface area contributed by atoms with Gasteiger partial charge in [-0.3, -0.25) is 10.1 Å². The van der Waals surface area contributed by atoms with Crippen LogP contribution in [0, 0.1) is 16.0 Å². The lowest BCUT2D eigenvalue weighted by Crippen LogP contribution is -2.32. The normalized spacial score (nSPS) is 17.6. The second-order valence-electron chi connectivity index (χ2n) is 5.21. The van der Waals surface area contributed by atoms with Gasteiger partial charge < -0.3 is 5.32 Å². The molecule has 0 aromatic heterocycles. The molecule has 0 amide bonds. The van der Waals surface area contributed by atoms with Gasteiger partial charge in [-0.2, -0.15) is 0 Å². The van der Waals surface area contributed by atoms with Crippen LogP contribution in [0.2, 0.25) is 5.02 Å². The quantitative estimate of drug-likeness (QED) is 0.658. The number of hydrogen-bond acceptors (Lipinski definition) is 3. The third-order valence-electron chi connectivity index (χ3n) is 4.00. The molecule has 0 heterocycles. The van der Waals surface area contributed by atoms with Crippen molar-refractivity contribution in [1.29, 1.82) is 0 Å². The third kappa shape index (κ3) is 3.45. The average molecular weight is 283 g/mol. The predicted molar refractivity (Wildman–Crippen MR) is 76.4 cm³/mol. The molecule has 0 radical (unpaired) electrons. The van der Waals surface area contributed by atoms with Crippen molar-refractivity contribution < 1.29 is 4.92 Å². The molecule has 4 nitrogen and oxygen atoms in total. The largest absolute Gasteiger partial charge is 0.310 e. The van der Waals surface area contributed by atoms with E-state index in [4.69, 9.17) is 11.6 Å². The van der Waals surface area contributed by atoms with Gasteiger partial charge in [0.1, 0.15) is 0 Å². The Morgan fingerprint density at radius 2 is 2.16 bits per heavy atom. The SMILES string of the molecule is CC(NCc1c(Cl)cccc1[N+](=O)[O-])C1CCCC1. The average Bonchev–Trinajstić information content (AvgIpc) is 2.90. The van der Waals surface area contributed by atoms with Crippen molar-refractivity contribution in [3.8, 4) is 0 Å². The maximum atomic E-state index is 11.0. The molecule has 2 rings (SSSR count). The van der Waals surface area contributed by atoms with Crippen LogP contribution in [0.3, 0.4) is 0 Å². The van der Waals surface area contributed by atoms with E-state index < -0.39 is 0 Å². The Labute approximate surface area is 118 Å². The highest BCUT2D eigenvalue weighted by Gasteiger charge is 2.23. The maximum Gasteiger partial charge on any atom is 0.275 e. The van der Waals surface area contributed by atoms with Gasteiger partial charge in [-0.25, -0.2) is 0 Å². The molecule has 1 saturated carbocycles. The van der Waals surface area contributed by atoms with Crippen LogP contribution in [0.1, 0.15) is 38.2 Å². The Bertz CT molecular complexity index is 459. The fourth-order valence-corrected chi connectivity index (χ4v) is 3.02. The summed E-state index contributed by atoms with van der Waals surface area (Å²) in [5, 5.41) is 14.8.